The summed E-state index contributed by atoms with van der Waals surface area (Å²) in [4.78, 5) is 18.7. The van der Waals surface area contributed by atoms with Gasteiger partial charge in [-0.25, -0.2) is 18.7 Å². The molecule has 2 rings (SSSR count). The van der Waals surface area contributed by atoms with Gasteiger partial charge in [-0.15, -0.1) is 0 Å². The van der Waals surface area contributed by atoms with E-state index in [1.54, 1.807) is 5.48 Å². The number of rotatable bonds is 5. The van der Waals surface area contributed by atoms with Gasteiger partial charge in [0.15, 0.2) is 0 Å². The zero-order valence-electron chi connectivity index (χ0n) is 11.4. The van der Waals surface area contributed by atoms with Crippen molar-refractivity contribution in [3.05, 3.63) is 35.5 Å². The SMILES string of the molecule is O=C(NOCC(F)F)c1ccc(-c2noc(C(F)(F)F)n2)c(F)c1. The lowest BCUT2D eigenvalue weighted by molar-refractivity contribution is -0.159. The van der Waals surface area contributed by atoms with Crippen LogP contribution in [-0.4, -0.2) is 29.1 Å². The number of hydrogen-bond donors (Lipinski definition) is 1. The van der Waals surface area contributed by atoms with Gasteiger partial charge in [-0.3, -0.25) is 9.63 Å². The summed E-state index contributed by atoms with van der Waals surface area (Å²) in [6.45, 7) is -1.06. The number of carbonyl (C=O) groups is 1. The van der Waals surface area contributed by atoms with Crippen molar-refractivity contribution in [2.45, 2.75) is 12.6 Å². The summed E-state index contributed by atoms with van der Waals surface area (Å²) in [5, 5.41) is 3.00. The van der Waals surface area contributed by atoms with E-state index in [1.165, 1.54) is 0 Å². The number of benzene rings is 1. The Morgan fingerprint density at radius 3 is 2.58 bits per heavy atom. The highest BCUT2D eigenvalue weighted by atomic mass is 19.4. The van der Waals surface area contributed by atoms with Crippen LogP contribution in [0.5, 0.6) is 0 Å². The van der Waals surface area contributed by atoms with Crippen molar-refractivity contribution in [2.75, 3.05) is 6.61 Å². The Bertz CT molecular complexity index is 731. The van der Waals surface area contributed by atoms with E-state index in [0.717, 1.165) is 12.1 Å². The molecule has 0 saturated carbocycles. The maximum atomic E-state index is 13.9. The number of carbonyl (C=O) groups excluding carboxylic acids is 1. The lowest BCUT2D eigenvalue weighted by Gasteiger charge is -2.06. The van der Waals surface area contributed by atoms with E-state index in [0.29, 0.717) is 6.07 Å². The van der Waals surface area contributed by atoms with E-state index in [4.69, 9.17) is 0 Å². The zero-order chi connectivity index (χ0) is 17.9. The summed E-state index contributed by atoms with van der Waals surface area (Å²) in [6, 6.07) is 2.60. The van der Waals surface area contributed by atoms with Gasteiger partial charge in [-0.1, -0.05) is 5.16 Å². The summed E-state index contributed by atoms with van der Waals surface area (Å²) in [7, 11) is 0. The van der Waals surface area contributed by atoms with Gasteiger partial charge in [0.25, 0.3) is 12.3 Å². The average Bonchev–Trinajstić information content (AvgIpc) is 2.96. The fraction of sp³-hybridized carbons (Fsp3) is 0.250. The lowest BCUT2D eigenvalue weighted by Crippen LogP contribution is -2.26. The van der Waals surface area contributed by atoms with Crippen LogP contribution < -0.4 is 5.48 Å². The van der Waals surface area contributed by atoms with E-state index >= 15 is 0 Å². The van der Waals surface area contributed by atoms with Gasteiger partial charge in [0.2, 0.25) is 5.82 Å². The van der Waals surface area contributed by atoms with E-state index in [1.807, 2.05) is 0 Å². The Morgan fingerprint density at radius 1 is 1.33 bits per heavy atom. The van der Waals surface area contributed by atoms with Crippen molar-refractivity contribution in [3.63, 3.8) is 0 Å². The van der Waals surface area contributed by atoms with Crippen LogP contribution in [0.4, 0.5) is 26.3 Å². The molecule has 12 heteroatoms. The molecular formula is C12H7F6N3O3. The van der Waals surface area contributed by atoms with Crippen molar-refractivity contribution in [2.24, 2.45) is 0 Å². The normalized spacial score (nSPS) is 11.8. The van der Waals surface area contributed by atoms with Gasteiger partial charge < -0.3 is 4.52 Å². The van der Waals surface area contributed by atoms with Gasteiger partial charge in [-0.2, -0.15) is 18.2 Å². The lowest BCUT2D eigenvalue weighted by atomic mass is 10.1. The molecule has 1 heterocycles. The first kappa shape index (κ1) is 17.7. The Hall–Kier alpha value is -2.63. The molecule has 1 N–H and O–H groups in total. The van der Waals surface area contributed by atoms with Crippen molar-refractivity contribution in [1.82, 2.24) is 15.6 Å². The van der Waals surface area contributed by atoms with Gasteiger partial charge in [0, 0.05) is 5.56 Å². The quantitative estimate of drug-likeness (QED) is 0.659. The summed E-state index contributed by atoms with van der Waals surface area (Å²) in [5.41, 5.74) is 0.897. The molecule has 2 aromatic rings. The summed E-state index contributed by atoms with van der Waals surface area (Å²) >= 11 is 0. The third kappa shape index (κ3) is 4.22. The Kier molecular flexibility index (Phi) is 5.07. The second-order valence-electron chi connectivity index (χ2n) is 4.25. The standard InChI is InChI=1S/C12H7F6N3O3/c13-7-3-5(10(22)21-23-4-8(14)15)1-2-6(7)9-19-11(24-20-9)12(16,17)18/h1-3,8H,4H2,(H,21,22). The van der Waals surface area contributed by atoms with Gasteiger partial charge >= 0.3 is 12.1 Å². The van der Waals surface area contributed by atoms with Gasteiger partial charge in [-0.05, 0) is 18.2 Å². The average molecular weight is 355 g/mol. The smallest absolute Gasteiger partial charge is 0.329 e. The first-order valence-electron chi connectivity index (χ1n) is 6.09. The molecule has 0 atom stereocenters. The van der Waals surface area contributed by atoms with Crippen LogP contribution >= 0.6 is 0 Å². The molecule has 0 aliphatic rings. The highest BCUT2D eigenvalue weighted by Gasteiger charge is 2.38. The largest absolute Gasteiger partial charge is 0.471 e. The Labute approximate surface area is 129 Å². The summed E-state index contributed by atoms with van der Waals surface area (Å²) in [6.07, 6.45) is -7.70. The minimum Gasteiger partial charge on any atom is -0.329 e. The minimum atomic E-state index is -4.89. The van der Waals surface area contributed by atoms with Crippen LogP contribution in [0.15, 0.2) is 22.7 Å². The van der Waals surface area contributed by atoms with E-state index in [-0.39, 0.29) is 5.56 Å². The van der Waals surface area contributed by atoms with Crippen LogP contribution in [0.3, 0.4) is 0 Å². The first-order chi connectivity index (χ1) is 11.2. The third-order valence-corrected chi connectivity index (χ3v) is 2.51. The van der Waals surface area contributed by atoms with E-state index in [2.05, 4.69) is 19.5 Å². The number of alkyl halides is 5. The number of nitrogens with one attached hydrogen (secondary N) is 1. The van der Waals surface area contributed by atoms with Crippen LogP contribution in [0.25, 0.3) is 11.4 Å². The fourth-order valence-electron chi connectivity index (χ4n) is 1.51. The van der Waals surface area contributed by atoms with E-state index < -0.39 is 48.2 Å². The molecule has 0 saturated heterocycles. The summed E-state index contributed by atoms with van der Waals surface area (Å²) < 4.78 is 78.6. The molecule has 0 aliphatic carbocycles. The van der Waals surface area contributed by atoms with Crippen molar-refractivity contribution < 1.29 is 40.5 Å². The van der Waals surface area contributed by atoms with E-state index in [9.17, 15) is 31.1 Å². The molecule has 24 heavy (non-hydrogen) atoms. The number of aromatic nitrogens is 2. The molecule has 0 aliphatic heterocycles. The number of amides is 1. The Balaban J connectivity index is 2.15. The predicted octanol–water partition coefficient (Wildman–Crippen LogP) is 2.82. The third-order valence-electron chi connectivity index (χ3n) is 2.51. The molecule has 1 aromatic carbocycles. The zero-order valence-corrected chi connectivity index (χ0v) is 11.4. The van der Waals surface area contributed by atoms with Crippen LogP contribution in [-0.2, 0) is 11.0 Å². The number of hydrogen-bond acceptors (Lipinski definition) is 5. The van der Waals surface area contributed by atoms with Gasteiger partial charge in [0.1, 0.15) is 12.4 Å². The monoisotopic (exact) mass is 355 g/mol. The highest BCUT2D eigenvalue weighted by molar-refractivity contribution is 5.93. The van der Waals surface area contributed by atoms with Crippen molar-refractivity contribution in [3.8, 4) is 11.4 Å². The first-order valence-corrected chi connectivity index (χ1v) is 6.09. The molecular weight excluding hydrogens is 348 g/mol. The summed E-state index contributed by atoms with van der Waals surface area (Å²) in [5.74, 6) is -4.46. The molecule has 1 aromatic heterocycles. The van der Waals surface area contributed by atoms with Crippen LogP contribution in [0, 0.1) is 5.82 Å². The molecule has 1 amide bonds. The molecule has 0 radical (unpaired) electrons. The maximum Gasteiger partial charge on any atom is 0.471 e. The Morgan fingerprint density at radius 2 is 2.04 bits per heavy atom. The minimum absolute atomic E-state index is 0.315. The van der Waals surface area contributed by atoms with Crippen molar-refractivity contribution >= 4 is 5.91 Å². The predicted molar refractivity (Wildman–Crippen MR) is 64.1 cm³/mol. The molecule has 130 valence electrons. The number of halogens is 6. The molecule has 0 unspecified atom stereocenters. The van der Waals surface area contributed by atoms with Crippen LogP contribution in [0.2, 0.25) is 0 Å². The molecule has 0 bridgehead atoms. The highest BCUT2D eigenvalue weighted by Crippen LogP contribution is 2.30. The molecule has 0 fully saturated rings. The maximum absolute atomic E-state index is 13.9. The molecule has 0 spiro atoms. The molecule has 6 nitrogen and oxygen atoms in total. The topological polar surface area (TPSA) is 77.2 Å². The second-order valence-corrected chi connectivity index (χ2v) is 4.25. The second kappa shape index (κ2) is 6.86. The number of hydroxylamine groups is 1. The van der Waals surface area contributed by atoms with Gasteiger partial charge in [0.05, 0.1) is 5.56 Å². The number of nitrogens with zero attached hydrogens (tertiary/aromatic N) is 2. The van der Waals surface area contributed by atoms with Crippen molar-refractivity contribution in [1.29, 1.82) is 0 Å². The fourth-order valence-corrected chi connectivity index (χ4v) is 1.51. The van der Waals surface area contributed by atoms with Crippen LogP contribution in [0.1, 0.15) is 16.2 Å².